The van der Waals surface area contributed by atoms with Gasteiger partial charge in [-0.3, -0.25) is 0 Å². The molecule has 4 heteroatoms. The third-order valence-corrected chi connectivity index (χ3v) is 5.22. The lowest BCUT2D eigenvalue weighted by atomic mass is 10.0. The van der Waals surface area contributed by atoms with Gasteiger partial charge in [0.15, 0.2) is 5.58 Å². The van der Waals surface area contributed by atoms with Gasteiger partial charge in [-0.1, -0.05) is 12.1 Å². The third-order valence-electron chi connectivity index (χ3n) is 5.22. The molecule has 4 rings (SSSR count). The third kappa shape index (κ3) is 2.24. The minimum Gasteiger partial charge on any atom is -0.435 e. The molecular formula is C21H25N3O. The highest BCUT2D eigenvalue weighted by Gasteiger charge is 2.38. The molecule has 0 saturated heterocycles. The highest BCUT2D eigenvalue weighted by atomic mass is 16.3. The van der Waals surface area contributed by atoms with E-state index in [-0.39, 0.29) is 5.66 Å². The van der Waals surface area contributed by atoms with Gasteiger partial charge in [0.2, 0.25) is 5.71 Å². The summed E-state index contributed by atoms with van der Waals surface area (Å²) in [5, 5.41) is 2.19. The Balaban J connectivity index is 1.97. The lowest BCUT2D eigenvalue weighted by Crippen LogP contribution is -2.51. The number of pyridine rings is 1. The molecule has 0 spiro atoms. The van der Waals surface area contributed by atoms with E-state index in [2.05, 4.69) is 80.0 Å². The van der Waals surface area contributed by atoms with Crippen LogP contribution in [0.5, 0.6) is 0 Å². The summed E-state index contributed by atoms with van der Waals surface area (Å²) >= 11 is 0. The van der Waals surface area contributed by atoms with E-state index in [4.69, 9.17) is 4.42 Å². The van der Waals surface area contributed by atoms with Crippen molar-refractivity contribution in [1.29, 1.82) is 0 Å². The Labute approximate surface area is 148 Å². The van der Waals surface area contributed by atoms with E-state index in [0.717, 1.165) is 27.7 Å². The molecule has 2 aromatic heterocycles. The maximum atomic E-state index is 6.24. The second kappa shape index (κ2) is 5.25. The molecule has 0 saturated carbocycles. The molecule has 4 nitrogen and oxygen atoms in total. The Kier molecular flexibility index (Phi) is 3.36. The average molecular weight is 335 g/mol. The number of aryl methyl sites for hydroxylation is 2. The number of fused-ring (bicyclic) bond motifs is 3. The fourth-order valence-corrected chi connectivity index (χ4v) is 3.98. The summed E-state index contributed by atoms with van der Waals surface area (Å²) in [6, 6.07) is 8.89. The number of hydrogen-bond donors (Lipinski definition) is 0. The highest BCUT2D eigenvalue weighted by molar-refractivity contribution is 6.08. The first-order valence-electron chi connectivity index (χ1n) is 8.86. The van der Waals surface area contributed by atoms with E-state index in [9.17, 15) is 0 Å². The van der Waals surface area contributed by atoms with E-state index in [1.54, 1.807) is 0 Å². The van der Waals surface area contributed by atoms with Crippen LogP contribution in [0.25, 0.3) is 22.1 Å². The minimum absolute atomic E-state index is 0.157. The van der Waals surface area contributed by atoms with Crippen LogP contribution in [0.3, 0.4) is 0 Å². The normalized spacial score (nSPS) is 16.8. The van der Waals surface area contributed by atoms with Gasteiger partial charge in [0.1, 0.15) is 5.66 Å². The maximum Gasteiger partial charge on any atom is 0.227 e. The second-order valence-electron chi connectivity index (χ2n) is 7.68. The lowest BCUT2D eigenvalue weighted by molar-refractivity contribution is 0.170. The van der Waals surface area contributed by atoms with E-state index in [1.165, 1.54) is 5.56 Å². The number of aromatic nitrogens is 1. The molecule has 0 amide bonds. The Hall–Kier alpha value is -2.49. The highest BCUT2D eigenvalue weighted by Crippen LogP contribution is 2.42. The zero-order valence-corrected chi connectivity index (χ0v) is 15.8. The SMILES string of the molecule is Cc1ccc2c(n1)oc1c(N3C=CN(C(C)C)C3(C)C)c(C)ccc12. The van der Waals surface area contributed by atoms with Crippen LogP contribution >= 0.6 is 0 Å². The van der Waals surface area contributed by atoms with Crippen LogP contribution < -0.4 is 4.90 Å². The molecule has 0 fully saturated rings. The van der Waals surface area contributed by atoms with Crippen molar-refractivity contribution >= 4 is 27.8 Å². The fraction of sp³-hybridized carbons (Fsp3) is 0.381. The molecular weight excluding hydrogens is 310 g/mol. The number of benzene rings is 1. The quantitative estimate of drug-likeness (QED) is 0.633. The van der Waals surface area contributed by atoms with Crippen LogP contribution in [0, 0.1) is 13.8 Å². The van der Waals surface area contributed by atoms with Crippen LogP contribution in [-0.4, -0.2) is 21.6 Å². The van der Waals surface area contributed by atoms with Crippen molar-refractivity contribution in [3.05, 3.63) is 47.9 Å². The van der Waals surface area contributed by atoms with Gasteiger partial charge >= 0.3 is 0 Å². The second-order valence-corrected chi connectivity index (χ2v) is 7.68. The first kappa shape index (κ1) is 16.0. The van der Waals surface area contributed by atoms with E-state index >= 15 is 0 Å². The summed E-state index contributed by atoms with van der Waals surface area (Å²) in [7, 11) is 0. The fourth-order valence-electron chi connectivity index (χ4n) is 3.98. The molecule has 3 aromatic rings. The molecule has 0 N–H and O–H groups in total. The van der Waals surface area contributed by atoms with Gasteiger partial charge in [-0.05, 0) is 59.2 Å². The summed E-state index contributed by atoms with van der Waals surface area (Å²) in [5.74, 6) is 0. The van der Waals surface area contributed by atoms with E-state index in [1.807, 2.05) is 13.0 Å². The topological polar surface area (TPSA) is 32.5 Å². The molecule has 0 bridgehead atoms. The number of anilines is 1. The average Bonchev–Trinajstić information content (AvgIpc) is 3.03. The van der Waals surface area contributed by atoms with Gasteiger partial charge in [0, 0.05) is 34.9 Å². The first-order chi connectivity index (χ1) is 11.8. The van der Waals surface area contributed by atoms with E-state index < -0.39 is 0 Å². The Morgan fingerprint density at radius 1 is 1.00 bits per heavy atom. The molecule has 1 aromatic carbocycles. The molecule has 3 heterocycles. The Morgan fingerprint density at radius 3 is 2.40 bits per heavy atom. The van der Waals surface area contributed by atoms with Gasteiger partial charge in [-0.15, -0.1) is 0 Å². The molecule has 0 radical (unpaired) electrons. The van der Waals surface area contributed by atoms with Crippen molar-refractivity contribution in [2.24, 2.45) is 0 Å². The molecule has 0 unspecified atom stereocenters. The van der Waals surface area contributed by atoms with Gasteiger partial charge in [-0.2, -0.15) is 0 Å². The van der Waals surface area contributed by atoms with Gasteiger partial charge in [0.05, 0.1) is 5.69 Å². The van der Waals surface area contributed by atoms with Crippen molar-refractivity contribution in [3.63, 3.8) is 0 Å². The monoisotopic (exact) mass is 335 g/mol. The summed E-state index contributed by atoms with van der Waals surface area (Å²) in [4.78, 5) is 9.27. The zero-order chi connectivity index (χ0) is 17.9. The van der Waals surface area contributed by atoms with Gasteiger partial charge in [-0.25, -0.2) is 4.98 Å². The van der Waals surface area contributed by atoms with Crippen molar-refractivity contribution in [2.45, 2.75) is 53.2 Å². The van der Waals surface area contributed by atoms with Crippen LogP contribution in [0.2, 0.25) is 0 Å². The maximum absolute atomic E-state index is 6.24. The summed E-state index contributed by atoms with van der Waals surface area (Å²) in [6.45, 7) is 13.1. The summed E-state index contributed by atoms with van der Waals surface area (Å²) in [5.41, 5.74) is 4.76. The largest absolute Gasteiger partial charge is 0.435 e. The predicted octanol–water partition coefficient (Wildman–Crippen LogP) is 5.34. The lowest BCUT2D eigenvalue weighted by Gasteiger charge is -2.42. The van der Waals surface area contributed by atoms with Gasteiger partial charge < -0.3 is 14.2 Å². The van der Waals surface area contributed by atoms with Crippen molar-refractivity contribution in [3.8, 4) is 0 Å². The Bertz CT molecular complexity index is 997. The summed E-state index contributed by atoms with van der Waals surface area (Å²) in [6.07, 6.45) is 4.33. The zero-order valence-electron chi connectivity index (χ0n) is 15.8. The van der Waals surface area contributed by atoms with E-state index in [0.29, 0.717) is 11.8 Å². The standard InChI is InChI=1S/C21H25N3O/c1-13(2)23-11-12-24(21(23,5)6)18-14(3)7-9-16-17-10-8-15(4)22-20(17)25-19(16)18/h7-13H,1-6H3. The number of rotatable bonds is 2. The number of hydrogen-bond acceptors (Lipinski definition) is 4. The molecule has 1 aliphatic heterocycles. The molecule has 1 aliphatic rings. The summed E-state index contributed by atoms with van der Waals surface area (Å²) < 4.78 is 6.24. The smallest absolute Gasteiger partial charge is 0.227 e. The molecule has 0 atom stereocenters. The van der Waals surface area contributed by atoms with Crippen LogP contribution in [0.15, 0.2) is 41.1 Å². The Morgan fingerprint density at radius 2 is 1.72 bits per heavy atom. The van der Waals surface area contributed by atoms with Gasteiger partial charge in [0.25, 0.3) is 0 Å². The predicted molar refractivity (Wildman–Crippen MR) is 104 cm³/mol. The van der Waals surface area contributed by atoms with Crippen molar-refractivity contribution < 1.29 is 4.42 Å². The van der Waals surface area contributed by atoms with Crippen LogP contribution in [-0.2, 0) is 0 Å². The van der Waals surface area contributed by atoms with Crippen LogP contribution in [0.4, 0.5) is 5.69 Å². The minimum atomic E-state index is -0.157. The molecule has 130 valence electrons. The molecule has 25 heavy (non-hydrogen) atoms. The van der Waals surface area contributed by atoms with Crippen LogP contribution in [0.1, 0.15) is 39.0 Å². The number of furan rings is 1. The van der Waals surface area contributed by atoms with Crippen molar-refractivity contribution in [1.82, 2.24) is 9.88 Å². The number of nitrogens with zero attached hydrogens (tertiary/aromatic N) is 3. The first-order valence-corrected chi connectivity index (χ1v) is 8.86. The van der Waals surface area contributed by atoms with Crippen molar-refractivity contribution in [2.75, 3.05) is 4.90 Å². The molecule has 0 aliphatic carbocycles.